The van der Waals surface area contributed by atoms with Crippen molar-refractivity contribution in [2.24, 2.45) is 0 Å². The van der Waals surface area contributed by atoms with Gasteiger partial charge in [-0.1, -0.05) is 176 Å². The number of nitrogens with zero attached hydrogens (tertiary/aromatic N) is 2. The number of imidazole rings is 1. The molecular weight excluding hydrogens is 849 g/mol. The maximum absolute atomic E-state index is 5.48. The number of pyridine rings is 1. The highest BCUT2D eigenvalue weighted by molar-refractivity contribution is 7.27. The molecule has 15 aromatic rings. The lowest BCUT2D eigenvalue weighted by Gasteiger charge is -2.14. The van der Waals surface area contributed by atoms with Crippen LogP contribution in [0.3, 0.4) is 0 Å². The number of thiophene rings is 2. The Bertz CT molecular complexity index is 4550. The molecule has 0 radical (unpaired) electrons. The van der Waals surface area contributed by atoms with Crippen molar-refractivity contribution in [3.63, 3.8) is 0 Å². The zero-order valence-corrected chi connectivity index (χ0v) is 37.6. The van der Waals surface area contributed by atoms with Gasteiger partial charge in [-0.05, 0) is 124 Å². The highest BCUT2D eigenvalue weighted by Crippen LogP contribution is 2.45. The van der Waals surface area contributed by atoms with E-state index in [2.05, 4.69) is 223 Å². The lowest BCUT2D eigenvalue weighted by Crippen LogP contribution is -1.93. The van der Waals surface area contributed by atoms with Gasteiger partial charge in [-0.25, -0.2) is 4.98 Å². The third-order valence-corrected chi connectivity index (χ3v) is 16.5. The molecule has 0 saturated carbocycles. The Morgan fingerprint density at radius 3 is 1.61 bits per heavy atom. The van der Waals surface area contributed by atoms with E-state index < -0.39 is 0 Å². The van der Waals surface area contributed by atoms with Gasteiger partial charge < -0.3 is 0 Å². The molecule has 0 amide bonds. The fourth-order valence-electron chi connectivity index (χ4n) is 10.8. The van der Waals surface area contributed by atoms with Crippen LogP contribution in [0.15, 0.2) is 218 Å². The van der Waals surface area contributed by atoms with Gasteiger partial charge in [-0.15, -0.1) is 22.7 Å². The van der Waals surface area contributed by atoms with E-state index >= 15 is 0 Å². The van der Waals surface area contributed by atoms with Gasteiger partial charge in [0.25, 0.3) is 0 Å². The zero-order valence-electron chi connectivity index (χ0n) is 36.0. The molecule has 11 aromatic carbocycles. The second-order valence-corrected chi connectivity index (χ2v) is 20.0. The van der Waals surface area contributed by atoms with Crippen LogP contribution in [0.5, 0.6) is 0 Å². The summed E-state index contributed by atoms with van der Waals surface area (Å²) >= 11 is 3.73. The smallest absolute Gasteiger partial charge is 0.156 e. The molecule has 0 N–H and O–H groups in total. The Kier molecular flexibility index (Phi) is 7.85. The first-order valence-electron chi connectivity index (χ1n) is 22.8. The van der Waals surface area contributed by atoms with Crippen LogP contribution in [0.4, 0.5) is 0 Å². The monoisotopic (exact) mass is 884 g/mol. The predicted molar refractivity (Wildman–Crippen MR) is 290 cm³/mol. The van der Waals surface area contributed by atoms with Gasteiger partial charge in [0, 0.05) is 35.6 Å². The summed E-state index contributed by atoms with van der Waals surface area (Å²) in [6.07, 6.45) is 0. The van der Waals surface area contributed by atoms with Crippen molar-refractivity contribution in [1.82, 2.24) is 9.38 Å². The first-order chi connectivity index (χ1) is 33.2. The fraction of sp³-hybridized carbons (Fsp3) is 0. The molecule has 0 atom stereocenters. The van der Waals surface area contributed by atoms with Crippen LogP contribution in [0, 0.1) is 0 Å². The standard InChI is InChI=1S/C63H36N2S2/c1-2-11-43-32-46-34-58-56(33-45(46)31-42(43)10-1)64-63-62-55(54-28-25-38-9-3-4-12-49(38)61(54)67-62)36-57(65(58)63)41-23-21-40(22-24-41)48-30-29-47(50-13-5-6-14-51(48)50)39-19-17-37(18-20-39)44-26-27-53-52-15-7-8-16-59(52)66-60(53)35-44/h1-36H. The van der Waals surface area contributed by atoms with Crippen molar-refractivity contribution in [3.05, 3.63) is 218 Å². The summed E-state index contributed by atoms with van der Waals surface area (Å²) in [5, 5.41) is 15.1. The lowest BCUT2D eigenvalue weighted by atomic mass is 9.91. The van der Waals surface area contributed by atoms with Gasteiger partial charge in [0.05, 0.1) is 21.4 Å². The van der Waals surface area contributed by atoms with Crippen LogP contribution in [-0.2, 0) is 0 Å². The van der Waals surface area contributed by atoms with Crippen LogP contribution < -0.4 is 0 Å². The topological polar surface area (TPSA) is 17.3 Å². The average molecular weight is 885 g/mol. The van der Waals surface area contributed by atoms with Gasteiger partial charge in [0.15, 0.2) is 5.65 Å². The number of hydrogen-bond acceptors (Lipinski definition) is 3. The maximum Gasteiger partial charge on any atom is 0.156 e. The third kappa shape index (κ3) is 5.64. The molecule has 0 fully saturated rings. The Labute approximate surface area is 392 Å². The largest absolute Gasteiger partial charge is 0.291 e. The minimum absolute atomic E-state index is 1.00. The molecule has 310 valence electrons. The van der Waals surface area contributed by atoms with Gasteiger partial charge in [0.2, 0.25) is 0 Å². The summed E-state index contributed by atoms with van der Waals surface area (Å²) in [6, 6.07) is 81.0. The first kappa shape index (κ1) is 37.1. The number of rotatable bonds is 4. The molecule has 0 saturated heterocycles. The van der Waals surface area contributed by atoms with E-state index in [-0.39, 0.29) is 0 Å². The van der Waals surface area contributed by atoms with Gasteiger partial charge in [-0.3, -0.25) is 4.40 Å². The summed E-state index contributed by atoms with van der Waals surface area (Å²) in [5.74, 6) is 0. The number of aromatic nitrogens is 2. The molecule has 0 bridgehead atoms. The highest BCUT2D eigenvalue weighted by Gasteiger charge is 2.20. The van der Waals surface area contributed by atoms with Gasteiger partial charge in [0.1, 0.15) is 0 Å². The molecule has 15 rings (SSSR count). The molecule has 4 heterocycles. The summed E-state index contributed by atoms with van der Waals surface area (Å²) in [7, 11) is 0. The normalized spacial score (nSPS) is 12.2. The first-order valence-corrected chi connectivity index (χ1v) is 24.5. The summed E-state index contributed by atoms with van der Waals surface area (Å²) < 4.78 is 7.60. The minimum atomic E-state index is 1.00. The molecule has 0 unspecified atom stereocenters. The van der Waals surface area contributed by atoms with Gasteiger partial charge >= 0.3 is 0 Å². The molecule has 2 nitrogen and oxygen atoms in total. The van der Waals surface area contributed by atoms with Gasteiger partial charge in [-0.2, -0.15) is 0 Å². The highest BCUT2D eigenvalue weighted by atomic mass is 32.1. The number of fused-ring (bicyclic) bond motifs is 15. The van der Waals surface area contributed by atoms with E-state index in [0.717, 1.165) is 27.9 Å². The van der Waals surface area contributed by atoms with E-state index in [4.69, 9.17) is 4.98 Å². The van der Waals surface area contributed by atoms with E-state index in [1.165, 1.54) is 117 Å². The second-order valence-electron chi connectivity index (χ2n) is 17.9. The summed E-state index contributed by atoms with van der Waals surface area (Å²) in [5.41, 5.74) is 12.8. The fourth-order valence-corrected chi connectivity index (χ4v) is 13.3. The van der Waals surface area contributed by atoms with E-state index in [9.17, 15) is 0 Å². The Hall–Kier alpha value is -8.15. The van der Waals surface area contributed by atoms with Crippen molar-refractivity contribution in [2.75, 3.05) is 0 Å². The van der Waals surface area contributed by atoms with Crippen LogP contribution in [0.2, 0.25) is 0 Å². The summed E-state index contributed by atoms with van der Waals surface area (Å²) in [6.45, 7) is 0. The average Bonchev–Trinajstić information content (AvgIpc) is 4.08. The second kappa shape index (κ2) is 14.2. The quantitative estimate of drug-likeness (QED) is 0.161. The molecular formula is C63H36N2S2. The lowest BCUT2D eigenvalue weighted by molar-refractivity contribution is 1.25. The third-order valence-electron chi connectivity index (χ3n) is 14.1. The molecule has 0 spiro atoms. The van der Waals surface area contributed by atoms with E-state index in [1.54, 1.807) is 0 Å². The minimum Gasteiger partial charge on any atom is -0.291 e. The van der Waals surface area contributed by atoms with Crippen molar-refractivity contribution in [2.45, 2.75) is 0 Å². The Balaban J connectivity index is 0.849. The Morgan fingerprint density at radius 1 is 0.313 bits per heavy atom. The van der Waals surface area contributed by atoms with Crippen LogP contribution in [0.1, 0.15) is 0 Å². The molecule has 67 heavy (non-hydrogen) atoms. The predicted octanol–water partition coefficient (Wildman–Crippen LogP) is 18.5. The molecule has 4 aromatic heterocycles. The zero-order chi connectivity index (χ0) is 43.7. The maximum atomic E-state index is 5.48. The van der Waals surface area contributed by atoms with Crippen molar-refractivity contribution in [1.29, 1.82) is 0 Å². The Morgan fingerprint density at radius 2 is 0.881 bits per heavy atom. The van der Waals surface area contributed by atoms with Crippen molar-refractivity contribution >= 4 is 123 Å². The van der Waals surface area contributed by atoms with Crippen molar-refractivity contribution in [3.8, 4) is 44.6 Å². The SMILES string of the molecule is c1ccc2cc3cc4c(cc3cc2c1)nc1c2sc3c5ccccc5ccc3c2cc(-c2ccc(-c3ccc(-c5ccc(-c6ccc7c(c6)sc6ccccc67)cc5)c5ccccc35)cc2)n41. The van der Waals surface area contributed by atoms with Crippen LogP contribution >= 0.6 is 22.7 Å². The van der Waals surface area contributed by atoms with E-state index in [0.29, 0.717) is 0 Å². The van der Waals surface area contributed by atoms with E-state index in [1.807, 2.05) is 22.7 Å². The molecule has 0 aliphatic heterocycles. The molecule has 4 heteroatoms. The molecule has 0 aliphatic rings. The number of hydrogen-bond donors (Lipinski definition) is 0. The molecule has 0 aliphatic carbocycles. The number of benzene rings is 11. The van der Waals surface area contributed by atoms with Crippen LogP contribution in [0.25, 0.3) is 145 Å². The van der Waals surface area contributed by atoms with Crippen molar-refractivity contribution < 1.29 is 0 Å². The summed E-state index contributed by atoms with van der Waals surface area (Å²) in [4.78, 5) is 5.48. The van der Waals surface area contributed by atoms with Crippen LogP contribution in [-0.4, -0.2) is 9.38 Å².